The van der Waals surface area contributed by atoms with Gasteiger partial charge in [0.2, 0.25) is 0 Å². The third-order valence-electron chi connectivity index (χ3n) is 8.82. The van der Waals surface area contributed by atoms with Crippen molar-refractivity contribution < 1.29 is 9.28 Å². The first-order valence-electron chi connectivity index (χ1n) is 10.4. The van der Waals surface area contributed by atoms with Gasteiger partial charge in [0.05, 0.1) is 26.6 Å². The molecule has 2 aliphatic carbocycles. The summed E-state index contributed by atoms with van der Waals surface area (Å²) >= 11 is 0. The second-order valence-electron chi connectivity index (χ2n) is 9.89. The molecule has 2 nitrogen and oxygen atoms in total. The number of likely N-dealkylation sites (N-methyl/N-ethyl adjacent to an activating group) is 1. The van der Waals surface area contributed by atoms with Crippen LogP contribution in [0, 0.1) is 58.3 Å². The Morgan fingerprint density at radius 2 is 1.35 bits per heavy atom. The highest BCUT2D eigenvalue weighted by molar-refractivity contribution is 5.74. The average Bonchev–Trinajstić information content (AvgIpc) is 3.15. The van der Waals surface area contributed by atoms with Crippen LogP contribution in [0.15, 0.2) is 0 Å². The SMILES string of the molecule is Cc1c(C)c(C)c(CC(=O)[N+](C)(C)[C@@H]2CC3CC2[C@H](C)[C@@H]3C)c(C)c1C. The molecule has 1 aromatic rings. The van der Waals surface area contributed by atoms with Crippen LogP contribution in [0.5, 0.6) is 0 Å². The van der Waals surface area contributed by atoms with Gasteiger partial charge in [-0.1, -0.05) is 13.8 Å². The molecule has 1 amide bonds. The van der Waals surface area contributed by atoms with Gasteiger partial charge in [-0.15, -0.1) is 0 Å². The van der Waals surface area contributed by atoms with Crippen LogP contribution in [0.25, 0.3) is 0 Å². The first kappa shape index (κ1) is 19.6. The van der Waals surface area contributed by atoms with Crippen molar-refractivity contribution in [3.05, 3.63) is 33.4 Å². The van der Waals surface area contributed by atoms with E-state index >= 15 is 0 Å². The highest BCUT2D eigenvalue weighted by Gasteiger charge is 2.56. The minimum absolute atomic E-state index is 0.385. The summed E-state index contributed by atoms with van der Waals surface area (Å²) in [6, 6.07) is 0.506. The van der Waals surface area contributed by atoms with Crippen LogP contribution >= 0.6 is 0 Å². The predicted octanol–water partition coefficient (Wildman–Crippen LogP) is 5.05. The lowest BCUT2D eigenvalue weighted by Gasteiger charge is -2.42. The van der Waals surface area contributed by atoms with Crippen LogP contribution in [-0.4, -0.2) is 30.5 Å². The van der Waals surface area contributed by atoms with E-state index in [0.29, 0.717) is 22.9 Å². The third-order valence-corrected chi connectivity index (χ3v) is 8.82. The summed E-state index contributed by atoms with van der Waals surface area (Å²) in [6.07, 6.45) is 3.14. The molecule has 2 bridgehead atoms. The quantitative estimate of drug-likeness (QED) is 0.692. The molecule has 1 aromatic carbocycles. The van der Waals surface area contributed by atoms with E-state index in [9.17, 15) is 4.79 Å². The Bertz CT molecular complexity index is 714. The minimum atomic E-state index is 0.385. The first-order chi connectivity index (χ1) is 12.0. The van der Waals surface area contributed by atoms with Crippen molar-refractivity contribution in [3.63, 3.8) is 0 Å². The smallest absolute Gasteiger partial charge is 0.262 e. The van der Waals surface area contributed by atoms with Crippen LogP contribution in [0.2, 0.25) is 0 Å². The van der Waals surface area contributed by atoms with E-state index in [1.807, 2.05) is 0 Å². The lowest BCUT2D eigenvalue weighted by molar-refractivity contribution is -0.845. The van der Waals surface area contributed by atoms with E-state index in [4.69, 9.17) is 0 Å². The van der Waals surface area contributed by atoms with E-state index in [1.165, 1.54) is 46.2 Å². The van der Waals surface area contributed by atoms with Crippen molar-refractivity contribution in [2.75, 3.05) is 14.1 Å². The zero-order chi connectivity index (χ0) is 19.5. The molecule has 0 heterocycles. The molecule has 2 unspecified atom stereocenters. The van der Waals surface area contributed by atoms with Crippen molar-refractivity contribution in [2.24, 2.45) is 23.7 Å². The van der Waals surface area contributed by atoms with Crippen molar-refractivity contribution in [2.45, 2.75) is 73.8 Å². The molecule has 2 saturated carbocycles. The van der Waals surface area contributed by atoms with Crippen LogP contribution < -0.4 is 0 Å². The van der Waals surface area contributed by atoms with Gasteiger partial charge in [-0.2, -0.15) is 0 Å². The Balaban J connectivity index is 1.87. The molecule has 5 atom stereocenters. The summed E-state index contributed by atoms with van der Waals surface area (Å²) in [5.74, 6) is 3.53. The molecule has 3 rings (SSSR count). The van der Waals surface area contributed by atoms with Crippen LogP contribution in [0.4, 0.5) is 0 Å². The van der Waals surface area contributed by atoms with E-state index in [2.05, 4.69) is 62.6 Å². The van der Waals surface area contributed by atoms with E-state index < -0.39 is 0 Å². The lowest BCUT2D eigenvalue weighted by Crippen LogP contribution is -2.57. The van der Waals surface area contributed by atoms with Gasteiger partial charge in [0, 0.05) is 12.3 Å². The van der Waals surface area contributed by atoms with E-state index in [0.717, 1.165) is 23.7 Å². The van der Waals surface area contributed by atoms with Gasteiger partial charge in [-0.05, 0) is 92.2 Å². The van der Waals surface area contributed by atoms with E-state index in [-0.39, 0.29) is 0 Å². The van der Waals surface area contributed by atoms with Crippen molar-refractivity contribution in [1.29, 1.82) is 0 Å². The molecular weight excluding hydrogens is 318 g/mol. The number of carbonyl (C=O) groups is 1. The number of carbonyl (C=O) groups excluding carboxylic acids is 1. The summed E-state index contributed by atoms with van der Waals surface area (Å²) in [4.78, 5) is 13.5. The third kappa shape index (κ3) is 2.76. The number of fused-ring (bicyclic) bond motifs is 2. The maximum atomic E-state index is 13.5. The zero-order valence-electron chi connectivity index (χ0n) is 18.4. The normalized spacial score (nSPS) is 30.9. The maximum Gasteiger partial charge on any atom is 0.317 e. The van der Waals surface area contributed by atoms with Crippen molar-refractivity contribution in [1.82, 2.24) is 0 Å². The number of hydrogen-bond acceptors (Lipinski definition) is 1. The maximum absolute atomic E-state index is 13.5. The monoisotopic (exact) mass is 356 g/mol. The van der Waals surface area contributed by atoms with Gasteiger partial charge in [0.25, 0.3) is 0 Å². The molecular formula is C24H38NO+. The summed E-state index contributed by atoms with van der Waals surface area (Å²) < 4.78 is 0.559. The molecule has 0 saturated heterocycles. The van der Waals surface area contributed by atoms with Gasteiger partial charge in [-0.25, -0.2) is 4.79 Å². The van der Waals surface area contributed by atoms with Crippen molar-refractivity contribution >= 4 is 5.91 Å². The van der Waals surface area contributed by atoms with Gasteiger partial charge < -0.3 is 0 Å². The molecule has 0 aliphatic heterocycles. The summed E-state index contributed by atoms with van der Waals surface area (Å²) in [6.45, 7) is 15.8. The zero-order valence-corrected chi connectivity index (χ0v) is 18.4. The van der Waals surface area contributed by atoms with Gasteiger partial charge >= 0.3 is 5.91 Å². The minimum Gasteiger partial charge on any atom is -0.262 e. The molecule has 26 heavy (non-hydrogen) atoms. The molecule has 2 aliphatic rings. The fourth-order valence-electron chi connectivity index (χ4n) is 6.03. The summed E-state index contributed by atoms with van der Waals surface area (Å²) in [5, 5.41) is 0. The molecule has 2 heteroatoms. The number of quaternary nitrogens is 1. The Morgan fingerprint density at radius 3 is 1.81 bits per heavy atom. The number of nitrogens with zero attached hydrogens (tertiary/aromatic N) is 1. The second-order valence-corrected chi connectivity index (χ2v) is 9.89. The Hall–Kier alpha value is -1.15. The molecule has 0 spiro atoms. The number of amides is 1. The van der Waals surface area contributed by atoms with Gasteiger partial charge in [-0.3, -0.25) is 4.48 Å². The van der Waals surface area contributed by atoms with E-state index in [1.54, 1.807) is 0 Å². The summed E-state index contributed by atoms with van der Waals surface area (Å²) in [5.41, 5.74) is 7.97. The lowest BCUT2D eigenvalue weighted by atomic mass is 9.77. The highest BCUT2D eigenvalue weighted by Crippen LogP contribution is 2.54. The Morgan fingerprint density at radius 1 is 0.846 bits per heavy atom. The molecule has 0 N–H and O–H groups in total. The topological polar surface area (TPSA) is 17.1 Å². The largest absolute Gasteiger partial charge is 0.317 e. The standard InChI is InChI=1S/C24H38NO/c1-13-14(2)17(5)21(18(6)15(13)3)12-24(26)25(8,9)23-11-20-10-22(23)19(7)16(20)4/h16,19-20,22-23H,10-12H2,1-9H3/q+1/t16-,19+,20?,22?,23+/m0/s1. The van der Waals surface area contributed by atoms with Gasteiger partial charge in [0.1, 0.15) is 0 Å². The Labute approximate surface area is 160 Å². The predicted molar refractivity (Wildman–Crippen MR) is 109 cm³/mol. The van der Waals surface area contributed by atoms with Gasteiger partial charge in [0.15, 0.2) is 0 Å². The molecule has 0 radical (unpaired) electrons. The molecule has 0 aromatic heterocycles. The number of benzene rings is 1. The van der Waals surface area contributed by atoms with Crippen molar-refractivity contribution in [3.8, 4) is 0 Å². The fraction of sp³-hybridized carbons (Fsp3) is 0.708. The van der Waals surface area contributed by atoms with Crippen LogP contribution in [-0.2, 0) is 11.2 Å². The molecule has 144 valence electrons. The average molecular weight is 357 g/mol. The van der Waals surface area contributed by atoms with Crippen LogP contribution in [0.1, 0.15) is 60.1 Å². The Kier molecular flexibility index (Phi) is 4.88. The van der Waals surface area contributed by atoms with Crippen LogP contribution in [0.3, 0.4) is 0 Å². The fourth-order valence-corrected chi connectivity index (χ4v) is 6.03. The number of rotatable bonds is 3. The molecule has 2 fully saturated rings. The number of hydrogen-bond donors (Lipinski definition) is 0. The second kappa shape index (κ2) is 6.48. The first-order valence-corrected chi connectivity index (χ1v) is 10.4. The highest BCUT2D eigenvalue weighted by atomic mass is 16.2. The summed E-state index contributed by atoms with van der Waals surface area (Å²) in [7, 11) is 4.34.